The number of carbonyl (C=O) groups excluding carboxylic acids is 1. The first-order chi connectivity index (χ1) is 14.4. The maximum Gasteiger partial charge on any atom is 0.253 e. The number of benzene rings is 1. The molecule has 1 amide bonds. The van der Waals surface area contributed by atoms with Crippen molar-refractivity contribution >= 4 is 27.3 Å². The maximum atomic E-state index is 12.9. The van der Waals surface area contributed by atoms with Crippen LogP contribution in [0.15, 0.2) is 52.1 Å². The molecule has 1 N–H and O–H groups in total. The minimum Gasteiger partial charge on any atom is -0.350 e. The number of carbonyl (C=O) groups is 1. The Labute approximate surface area is 180 Å². The van der Waals surface area contributed by atoms with Gasteiger partial charge >= 0.3 is 0 Å². The minimum atomic E-state index is -3.65. The number of nitrogens with one attached hydrogen (secondary N) is 1. The van der Waals surface area contributed by atoms with Crippen molar-refractivity contribution in [1.82, 2.24) is 19.4 Å². The topological polar surface area (TPSA) is 84.3 Å². The number of nitrogens with zero attached hydrogens (tertiary/aromatic N) is 3. The van der Waals surface area contributed by atoms with Crippen LogP contribution >= 0.6 is 11.3 Å². The lowest BCUT2D eigenvalue weighted by Gasteiger charge is -2.22. The molecule has 7 nitrogen and oxygen atoms in total. The lowest BCUT2D eigenvalue weighted by atomic mass is 10.1. The molecule has 4 rings (SSSR count). The fraction of sp³-hybridized carbons (Fsp3) is 0.333. The van der Waals surface area contributed by atoms with Gasteiger partial charge in [-0.25, -0.2) is 13.1 Å². The molecule has 9 heteroatoms. The molecule has 2 aromatic heterocycles. The van der Waals surface area contributed by atoms with E-state index >= 15 is 0 Å². The van der Waals surface area contributed by atoms with Gasteiger partial charge in [0.25, 0.3) is 10.0 Å². The van der Waals surface area contributed by atoms with E-state index in [0.29, 0.717) is 25.9 Å². The zero-order chi connectivity index (χ0) is 21.3. The van der Waals surface area contributed by atoms with E-state index < -0.39 is 16.1 Å². The van der Waals surface area contributed by atoms with Crippen LogP contribution in [0.5, 0.6) is 0 Å². The molecule has 1 unspecified atom stereocenters. The van der Waals surface area contributed by atoms with Crippen LogP contribution in [0.4, 0.5) is 0 Å². The van der Waals surface area contributed by atoms with Crippen LogP contribution in [0.2, 0.25) is 0 Å². The van der Waals surface area contributed by atoms with Gasteiger partial charge in [0.05, 0.1) is 11.4 Å². The van der Waals surface area contributed by atoms with E-state index in [9.17, 15) is 13.2 Å². The maximum absolute atomic E-state index is 12.9. The predicted molar refractivity (Wildman–Crippen MR) is 116 cm³/mol. The van der Waals surface area contributed by atoms with Crippen LogP contribution in [-0.4, -0.2) is 41.0 Å². The Morgan fingerprint density at radius 2 is 1.97 bits per heavy atom. The number of aryl methyl sites for hydroxylation is 1. The number of para-hydroxylation sites is 1. The summed E-state index contributed by atoms with van der Waals surface area (Å²) in [7, 11) is -3.65. The molecule has 1 saturated heterocycles. The highest BCUT2D eigenvalue weighted by atomic mass is 32.2. The van der Waals surface area contributed by atoms with Crippen LogP contribution in [0.3, 0.4) is 0 Å². The summed E-state index contributed by atoms with van der Waals surface area (Å²) in [6.45, 7) is 4.56. The SMILES string of the molecule is Cc1nn(-c2ccccc2)c(C)c1CNC(=O)C1CCCN1S(=O)(=O)c1cccs1. The van der Waals surface area contributed by atoms with Crippen LogP contribution in [0.25, 0.3) is 5.69 Å². The average Bonchev–Trinajstić information content (AvgIpc) is 3.49. The third-order valence-corrected chi connectivity index (χ3v) is 8.73. The number of rotatable bonds is 6. The van der Waals surface area contributed by atoms with Crippen LogP contribution in [-0.2, 0) is 21.4 Å². The number of hydrogen-bond acceptors (Lipinski definition) is 5. The molecule has 0 saturated carbocycles. The molecule has 1 aliphatic rings. The second-order valence-electron chi connectivity index (χ2n) is 7.32. The fourth-order valence-corrected chi connectivity index (χ4v) is 6.64. The molecule has 0 bridgehead atoms. The van der Waals surface area contributed by atoms with E-state index in [2.05, 4.69) is 10.4 Å². The summed E-state index contributed by atoms with van der Waals surface area (Å²) in [5.74, 6) is -0.265. The van der Waals surface area contributed by atoms with Crippen molar-refractivity contribution in [3.05, 3.63) is 64.8 Å². The largest absolute Gasteiger partial charge is 0.350 e. The number of hydrogen-bond donors (Lipinski definition) is 1. The van der Waals surface area contributed by atoms with Crippen molar-refractivity contribution < 1.29 is 13.2 Å². The molecule has 3 aromatic rings. The molecule has 1 fully saturated rings. The van der Waals surface area contributed by atoms with Gasteiger partial charge in [-0.3, -0.25) is 4.79 Å². The average molecular weight is 445 g/mol. The summed E-state index contributed by atoms with van der Waals surface area (Å²) in [6.07, 6.45) is 1.20. The third kappa shape index (κ3) is 3.80. The summed E-state index contributed by atoms with van der Waals surface area (Å²) in [4.78, 5) is 12.9. The number of thiophene rings is 1. The normalized spacial score (nSPS) is 17.3. The van der Waals surface area contributed by atoms with E-state index in [1.807, 2.05) is 48.9 Å². The summed E-state index contributed by atoms with van der Waals surface area (Å²) in [6, 6.07) is 12.4. The lowest BCUT2D eigenvalue weighted by Crippen LogP contribution is -2.45. The second-order valence-corrected chi connectivity index (χ2v) is 10.4. The molecule has 30 heavy (non-hydrogen) atoms. The van der Waals surface area contributed by atoms with Gasteiger partial charge in [0.15, 0.2) is 0 Å². The lowest BCUT2D eigenvalue weighted by molar-refractivity contribution is -0.124. The zero-order valence-electron chi connectivity index (χ0n) is 16.9. The Hall–Kier alpha value is -2.49. The standard InChI is InChI=1S/C21H24N4O3S2/c1-15-18(16(2)25(23-15)17-8-4-3-5-9-17)14-22-21(26)19-10-6-12-24(19)30(27,28)20-11-7-13-29-20/h3-5,7-9,11,13,19H,6,10,12,14H2,1-2H3,(H,22,26). The van der Waals surface area contributed by atoms with Gasteiger partial charge in [-0.05, 0) is 50.3 Å². The Balaban J connectivity index is 1.49. The number of amides is 1. The molecule has 0 radical (unpaired) electrons. The van der Waals surface area contributed by atoms with E-state index in [0.717, 1.165) is 22.6 Å². The summed E-state index contributed by atoms with van der Waals surface area (Å²) in [5.41, 5.74) is 3.69. The first-order valence-corrected chi connectivity index (χ1v) is 12.1. The van der Waals surface area contributed by atoms with Crippen LogP contribution in [0.1, 0.15) is 29.8 Å². The predicted octanol–water partition coefficient (Wildman–Crippen LogP) is 3.02. The molecule has 158 valence electrons. The van der Waals surface area contributed by atoms with Gasteiger partial charge in [-0.1, -0.05) is 24.3 Å². The summed E-state index contributed by atoms with van der Waals surface area (Å²) >= 11 is 1.17. The molecule has 1 atom stereocenters. The molecular formula is C21H24N4O3S2. The van der Waals surface area contributed by atoms with E-state index in [1.165, 1.54) is 15.6 Å². The summed E-state index contributed by atoms with van der Waals surface area (Å²) in [5, 5.41) is 9.27. The molecular weight excluding hydrogens is 420 g/mol. The van der Waals surface area contributed by atoms with Crippen LogP contribution < -0.4 is 5.32 Å². The van der Waals surface area contributed by atoms with Crippen LogP contribution in [0, 0.1) is 13.8 Å². The van der Waals surface area contributed by atoms with Gasteiger partial charge in [0.1, 0.15) is 10.3 Å². The fourth-order valence-electron chi connectivity index (χ4n) is 3.86. The quantitative estimate of drug-likeness (QED) is 0.633. The Bertz CT molecular complexity index is 1140. The van der Waals surface area contributed by atoms with Crippen molar-refractivity contribution in [1.29, 1.82) is 0 Å². The smallest absolute Gasteiger partial charge is 0.253 e. The first kappa shape index (κ1) is 20.8. The van der Waals surface area contributed by atoms with E-state index in [1.54, 1.807) is 17.5 Å². The number of sulfonamides is 1. The molecule has 0 aliphatic carbocycles. The molecule has 0 spiro atoms. The van der Waals surface area contributed by atoms with E-state index in [-0.39, 0.29) is 10.1 Å². The van der Waals surface area contributed by atoms with Gasteiger partial charge in [0.2, 0.25) is 5.91 Å². The second kappa shape index (κ2) is 8.33. The molecule has 1 aliphatic heterocycles. The molecule has 3 heterocycles. The third-order valence-electron chi connectivity index (χ3n) is 5.45. The Kier molecular flexibility index (Phi) is 5.77. The van der Waals surface area contributed by atoms with Gasteiger partial charge in [-0.2, -0.15) is 9.40 Å². The monoisotopic (exact) mass is 444 g/mol. The van der Waals surface area contributed by atoms with Crippen molar-refractivity contribution in [2.45, 2.75) is 43.5 Å². The minimum absolute atomic E-state index is 0.265. The van der Waals surface area contributed by atoms with Crippen molar-refractivity contribution in [3.63, 3.8) is 0 Å². The van der Waals surface area contributed by atoms with Gasteiger partial charge < -0.3 is 5.32 Å². The molecule has 1 aromatic carbocycles. The summed E-state index contributed by atoms with van der Waals surface area (Å²) < 4.78 is 29.3. The number of aromatic nitrogens is 2. The highest BCUT2D eigenvalue weighted by molar-refractivity contribution is 7.91. The highest BCUT2D eigenvalue weighted by Crippen LogP contribution is 2.28. The Morgan fingerprint density at radius 1 is 1.20 bits per heavy atom. The van der Waals surface area contributed by atoms with Gasteiger partial charge in [0, 0.05) is 24.3 Å². The van der Waals surface area contributed by atoms with Crippen molar-refractivity contribution in [3.8, 4) is 5.69 Å². The first-order valence-electron chi connectivity index (χ1n) is 9.83. The van der Waals surface area contributed by atoms with Gasteiger partial charge in [-0.15, -0.1) is 11.3 Å². The zero-order valence-corrected chi connectivity index (χ0v) is 18.5. The van der Waals surface area contributed by atoms with E-state index in [4.69, 9.17) is 0 Å². The van der Waals surface area contributed by atoms with Crippen molar-refractivity contribution in [2.24, 2.45) is 0 Å². The Morgan fingerprint density at radius 3 is 2.67 bits per heavy atom. The van der Waals surface area contributed by atoms with Crippen molar-refractivity contribution in [2.75, 3.05) is 6.54 Å². The highest BCUT2D eigenvalue weighted by Gasteiger charge is 2.39.